The number of anilines is 1. The Morgan fingerprint density at radius 1 is 1.18 bits per heavy atom. The number of urea groups is 1. The number of nitrogens with zero attached hydrogens (tertiary/aromatic N) is 1. The third-order valence-corrected chi connectivity index (χ3v) is 4.53. The second-order valence-electron chi connectivity index (χ2n) is 7.02. The Bertz CT molecular complexity index is 912. The number of aliphatic imine (C=N–C) groups is 1. The van der Waals surface area contributed by atoms with E-state index in [1.54, 1.807) is 36.5 Å². The molecule has 5 nitrogen and oxygen atoms in total. The van der Waals surface area contributed by atoms with Crippen molar-refractivity contribution >= 4 is 23.6 Å². The highest BCUT2D eigenvalue weighted by atomic mass is 16.3. The number of hydrogen-bond donors (Lipinski definition) is 3. The van der Waals surface area contributed by atoms with Crippen LogP contribution in [0.4, 0.5) is 16.2 Å². The first-order valence-electron chi connectivity index (χ1n) is 9.39. The molecule has 0 spiro atoms. The lowest BCUT2D eigenvalue weighted by atomic mass is 9.95. The van der Waals surface area contributed by atoms with Crippen LogP contribution >= 0.6 is 0 Å². The fraction of sp³-hybridized carbons (Fsp3) is 0.217. The molecule has 2 aromatic carbocycles. The normalized spacial score (nSPS) is 16.2. The van der Waals surface area contributed by atoms with E-state index >= 15 is 0 Å². The molecule has 28 heavy (non-hydrogen) atoms. The summed E-state index contributed by atoms with van der Waals surface area (Å²) >= 11 is 0. The number of rotatable bonds is 5. The zero-order valence-corrected chi connectivity index (χ0v) is 16.1. The topological polar surface area (TPSA) is 73.7 Å². The summed E-state index contributed by atoms with van der Waals surface area (Å²) in [6.45, 7) is 4.32. The molecular weight excluding hydrogens is 350 g/mol. The highest BCUT2D eigenvalue weighted by Gasteiger charge is 2.13. The van der Waals surface area contributed by atoms with Gasteiger partial charge >= 0.3 is 6.03 Å². The Kier molecular flexibility index (Phi) is 6.27. The molecular formula is C23H25N3O2. The lowest BCUT2D eigenvalue weighted by Gasteiger charge is -2.19. The van der Waals surface area contributed by atoms with E-state index in [1.807, 2.05) is 24.3 Å². The van der Waals surface area contributed by atoms with Crippen molar-refractivity contribution in [3.8, 4) is 5.75 Å². The predicted molar refractivity (Wildman–Crippen MR) is 114 cm³/mol. The molecule has 0 saturated carbocycles. The summed E-state index contributed by atoms with van der Waals surface area (Å²) in [5.74, 6) is 0.686. The molecule has 0 aromatic heterocycles. The quantitative estimate of drug-likeness (QED) is 0.630. The van der Waals surface area contributed by atoms with Crippen molar-refractivity contribution in [2.45, 2.75) is 26.3 Å². The van der Waals surface area contributed by atoms with Crippen LogP contribution in [0.5, 0.6) is 5.75 Å². The van der Waals surface area contributed by atoms with Crippen molar-refractivity contribution in [2.75, 3.05) is 5.32 Å². The van der Waals surface area contributed by atoms with E-state index in [1.165, 1.54) is 5.57 Å². The lowest BCUT2D eigenvalue weighted by molar-refractivity contribution is 0.250. The van der Waals surface area contributed by atoms with Gasteiger partial charge in [0.2, 0.25) is 0 Å². The van der Waals surface area contributed by atoms with Crippen LogP contribution in [-0.4, -0.2) is 23.4 Å². The number of hydrogen-bond acceptors (Lipinski definition) is 3. The van der Waals surface area contributed by atoms with Crippen LogP contribution in [-0.2, 0) is 0 Å². The molecule has 2 aromatic rings. The smallest absolute Gasteiger partial charge is 0.319 e. The summed E-state index contributed by atoms with van der Waals surface area (Å²) < 4.78 is 0. The number of aromatic hydroxyl groups is 1. The number of benzene rings is 2. The van der Waals surface area contributed by atoms with Gasteiger partial charge in [-0.3, -0.25) is 4.99 Å². The van der Waals surface area contributed by atoms with Gasteiger partial charge in [-0.05, 0) is 54.3 Å². The molecule has 0 bridgehead atoms. The minimum atomic E-state index is -0.235. The molecule has 1 aliphatic carbocycles. The van der Waals surface area contributed by atoms with Crippen LogP contribution < -0.4 is 10.6 Å². The molecule has 0 aliphatic heterocycles. The molecule has 0 saturated heterocycles. The molecule has 0 heterocycles. The summed E-state index contributed by atoms with van der Waals surface area (Å²) in [5, 5.41) is 15.5. The monoisotopic (exact) mass is 375 g/mol. The zero-order chi connectivity index (χ0) is 19.9. The van der Waals surface area contributed by atoms with Gasteiger partial charge in [-0.15, -0.1) is 0 Å². The molecule has 1 atom stereocenters. The average Bonchev–Trinajstić information content (AvgIpc) is 2.69. The van der Waals surface area contributed by atoms with Gasteiger partial charge in [0.1, 0.15) is 5.75 Å². The maximum absolute atomic E-state index is 12.2. The van der Waals surface area contributed by atoms with Gasteiger partial charge in [0.05, 0.1) is 11.7 Å². The fourth-order valence-electron chi connectivity index (χ4n) is 2.88. The third kappa shape index (κ3) is 5.33. The lowest BCUT2D eigenvalue weighted by Crippen LogP contribution is -2.37. The van der Waals surface area contributed by atoms with E-state index in [0.717, 1.165) is 12.1 Å². The van der Waals surface area contributed by atoms with Gasteiger partial charge in [-0.1, -0.05) is 44.2 Å². The molecule has 3 rings (SSSR count). The van der Waals surface area contributed by atoms with Crippen LogP contribution in [0.25, 0.3) is 0 Å². The van der Waals surface area contributed by atoms with Crippen LogP contribution in [0.1, 0.15) is 25.8 Å². The number of para-hydroxylation sites is 1. The second kappa shape index (κ2) is 9.04. The Labute approximate surface area is 165 Å². The first kappa shape index (κ1) is 19.4. The number of phenols is 1. The first-order valence-corrected chi connectivity index (χ1v) is 9.39. The molecule has 144 valence electrons. The molecule has 0 fully saturated rings. The van der Waals surface area contributed by atoms with Crippen molar-refractivity contribution in [1.82, 2.24) is 5.32 Å². The Morgan fingerprint density at radius 2 is 1.93 bits per heavy atom. The van der Waals surface area contributed by atoms with Crippen molar-refractivity contribution in [1.29, 1.82) is 0 Å². The van der Waals surface area contributed by atoms with E-state index in [9.17, 15) is 9.90 Å². The Morgan fingerprint density at radius 3 is 2.57 bits per heavy atom. The minimum Gasteiger partial charge on any atom is -0.507 e. The van der Waals surface area contributed by atoms with Crippen molar-refractivity contribution in [3.05, 3.63) is 77.9 Å². The summed E-state index contributed by atoms with van der Waals surface area (Å²) in [5.41, 5.74) is 3.38. The highest BCUT2D eigenvalue weighted by Crippen LogP contribution is 2.20. The Hall–Kier alpha value is -3.34. The summed E-state index contributed by atoms with van der Waals surface area (Å²) in [7, 11) is 0. The SMILES string of the molecule is CC(C)C1=CCC(NC(=O)Nc2ccc(N=Cc3ccccc3O)cc2)C=C1. The van der Waals surface area contributed by atoms with Crippen molar-refractivity contribution in [3.63, 3.8) is 0 Å². The summed E-state index contributed by atoms with van der Waals surface area (Å²) in [6, 6.07) is 14.0. The van der Waals surface area contributed by atoms with Crippen LogP contribution in [0.2, 0.25) is 0 Å². The van der Waals surface area contributed by atoms with E-state index in [0.29, 0.717) is 17.2 Å². The number of amides is 2. The zero-order valence-electron chi connectivity index (χ0n) is 16.1. The van der Waals surface area contributed by atoms with Gasteiger partial charge in [-0.2, -0.15) is 0 Å². The fourth-order valence-corrected chi connectivity index (χ4v) is 2.88. The van der Waals surface area contributed by atoms with Gasteiger partial charge in [0.15, 0.2) is 0 Å². The van der Waals surface area contributed by atoms with E-state index < -0.39 is 0 Å². The Balaban J connectivity index is 1.52. The maximum Gasteiger partial charge on any atom is 0.319 e. The number of phenolic OH excluding ortho intramolecular Hbond substituents is 1. The number of nitrogens with one attached hydrogen (secondary N) is 2. The van der Waals surface area contributed by atoms with E-state index in [2.05, 4.69) is 41.6 Å². The van der Waals surface area contributed by atoms with Gasteiger partial charge < -0.3 is 15.7 Å². The number of carbonyl (C=O) groups excluding carboxylic acids is 1. The molecule has 5 heteroatoms. The number of carbonyl (C=O) groups is 1. The molecule has 2 amide bonds. The van der Waals surface area contributed by atoms with E-state index in [-0.39, 0.29) is 17.8 Å². The third-order valence-electron chi connectivity index (χ3n) is 4.53. The van der Waals surface area contributed by atoms with Crippen molar-refractivity contribution in [2.24, 2.45) is 10.9 Å². The molecule has 3 N–H and O–H groups in total. The van der Waals surface area contributed by atoms with Crippen LogP contribution in [0.15, 0.2) is 77.3 Å². The molecule has 0 radical (unpaired) electrons. The standard InChI is InChI=1S/C23H25N3O2/c1-16(2)17-7-9-20(10-8-17)25-23(28)26-21-13-11-19(12-14-21)24-15-18-5-3-4-6-22(18)27/h3-9,11-16,20,27H,10H2,1-2H3,(H2,25,26,28). The van der Waals surface area contributed by atoms with Gasteiger partial charge in [-0.25, -0.2) is 4.79 Å². The predicted octanol–water partition coefficient (Wildman–Crippen LogP) is 5.18. The average molecular weight is 375 g/mol. The molecule has 1 unspecified atom stereocenters. The summed E-state index contributed by atoms with van der Waals surface area (Å²) in [6.07, 6.45) is 8.70. The summed E-state index contributed by atoms with van der Waals surface area (Å²) in [4.78, 5) is 16.5. The first-order chi connectivity index (χ1) is 13.5. The van der Waals surface area contributed by atoms with E-state index in [4.69, 9.17) is 0 Å². The molecule has 1 aliphatic rings. The number of allylic oxidation sites excluding steroid dienone is 2. The van der Waals surface area contributed by atoms with Gasteiger partial charge in [0, 0.05) is 17.5 Å². The van der Waals surface area contributed by atoms with Gasteiger partial charge in [0.25, 0.3) is 0 Å². The van der Waals surface area contributed by atoms with Crippen LogP contribution in [0.3, 0.4) is 0 Å². The highest BCUT2D eigenvalue weighted by molar-refractivity contribution is 5.90. The largest absolute Gasteiger partial charge is 0.507 e. The second-order valence-corrected chi connectivity index (χ2v) is 7.02. The minimum absolute atomic E-state index is 0.00456. The van der Waals surface area contributed by atoms with Crippen LogP contribution in [0, 0.1) is 5.92 Å². The van der Waals surface area contributed by atoms with Crippen molar-refractivity contribution < 1.29 is 9.90 Å². The maximum atomic E-state index is 12.2.